The Hall–Kier alpha value is -2.43. The zero-order chi connectivity index (χ0) is 13.9. The molecule has 1 N–H and O–H groups in total. The van der Waals surface area contributed by atoms with E-state index in [1.54, 1.807) is 6.07 Å². The lowest BCUT2D eigenvalue weighted by Crippen LogP contribution is -2.13. The Morgan fingerprint density at radius 2 is 1.95 bits per heavy atom. The molecule has 2 aromatic rings. The summed E-state index contributed by atoms with van der Waals surface area (Å²) in [5.74, 6) is 1.30. The Balaban J connectivity index is 1.78. The standard InChI is InChI=1S/C15H15N3O2/c19-18(20)13-8-9-14(16-10-13)17-15(12-6-7-12)11-4-2-1-3-5-11/h1-5,8-10,12,15H,6-7H2,(H,16,17). The third-order valence-corrected chi connectivity index (χ3v) is 3.51. The van der Waals surface area contributed by atoms with Gasteiger partial charge in [0.25, 0.3) is 5.69 Å². The molecule has 5 nitrogen and oxygen atoms in total. The van der Waals surface area contributed by atoms with Gasteiger partial charge in [-0.25, -0.2) is 4.98 Å². The van der Waals surface area contributed by atoms with Gasteiger partial charge in [-0.15, -0.1) is 0 Å². The van der Waals surface area contributed by atoms with E-state index in [4.69, 9.17) is 0 Å². The van der Waals surface area contributed by atoms with Gasteiger partial charge in [0.1, 0.15) is 12.0 Å². The van der Waals surface area contributed by atoms with Crippen molar-refractivity contribution in [2.45, 2.75) is 18.9 Å². The summed E-state index contributed by atoms with van der Waals surface area (Å²) in [6.45, 7) is 0. The smallest absolute Gasteiger partial charge is 0.287 e. The monoisotopic (exact) mass is 269 g/mol. The molecule has 102 valence electrons. The maximum atomic E-state index is 10.6. The minimum Gasteiger partial charge on any atom is -0.363 e. The fourth-order valence-corrected chi connectivity index (χ4v) is 2.30. The van der Waals surface area contributed by atoms with Gasteiger partial charge in [0.05, 0.1) is 11.0 Å². The molecule has 5 heteroatoms. The first-order chi connectivity index (χ1) is 9.74. The van der Waals surface area contributed by atoms with Gasteiger partial charge in [0, 0.05) is 6.07 Å². The van der Waals surface area contributed by atoms with Crippen molar-refractivity contribution in [2.24, 2.45) is 5.92 Å². The summed E-state index contributed by atoms with van der Waals surface area (Å²) in [4.78, 5) is 14.3. The molecule has 1 atom stereocenters. The summed E-state index contributed by atoms with van der Waals surface area (Å²) >= 11 is 0. The molecule has 1 fully saturated rings. The third-order valence-electron chi connectivity index (χ3n) is 3.51. The van der Waals surface area contributed by atoms with Crippen molar-refractivity contribution in [3.63, 3.8) is 0 Å². The van der Waals surface area contributed by atoms with Gasteiger partial charge in [-0.3, -0.25) is 10.1 Å². The lowest BCUT2D eigenvalue weighted by molar-refractivity contribution is -0.385. The molecule has 0 aliphatic heterocycles. The van der Waals surface area contributed by atoms with Crippen molar-refractivity contribution in [1.29, 1.82) is 0 Å². The van der Waals surface area contributed by atoms with Crippen LogP contribution in [0.3, 0.4) is 0 Å². The van der Waals surface area contributed by atoms with E-state index < -0.39 is 4.92 Å². The largest absolute Gasteiger partial charge is 0.363 e. The normalized spacial score (nSPS) is 15.6. The van der Waals surface area contributed by atoms with Crippen LogP contribution in [0.25, 0.3) is 0 Å². The molecule has 0 saturated heterocycles. The second-order valence-corrected chi connectivity index (χ2v) is 5.03. The van der Waals surface area contributed by atoms with E-state index in [1.165, 1.54) is 30.7 Å². The highest BCUT2D eigenvalue weighted by Gasteiger charge is 2.32. The lowest BCUT2D eigenvalue weighted by atomic mass is 10.0. The van der Waals surface area contributed by atoms with Crippen LogP contribution < -0.4 is 5.32 Å². The molecule has 0 amide bonds. The maximum absolute atomic E-state index is 10.6. The number of nitrogens with zero attached hydrogens (tertiary/aromatic N) is 2. The topological polar surface area (TPSA) is 68.1 Å². The lowest BCUT2D eigenvalue weighted by Gasteiger charge is -2.19. The number of aromatic nitrogens is 1. The van der Waals surface area contributed by atoms with Gasteiger partial charge < -0.3 is 5.32 Å². The van der Waals surface area contributed by atoms with E-state index in [1.807, 2.05) is 18.2 Å². The minimum absolute atomic E-state index is 0.0123. The quantitative estimate of drug-likeness (QED) is 0.665. The van der Waals surface area contributed by atoms with Gasteiger partial charge in [0.15, 0.2) is 0 Å². The highest BCUT2D eigenvalue weighted by atomic mass is 16.6. The number of benzene rings is 1. The highest BCUT2D eigenvalue weighted by molar-refractivity contribution is 5.43. The number of rotatable bonds is 5. The average molecular weight is 269 g/mol. The van der Waals surface area contributed by atoms with Crippen LogP contribution in [0.5, 0.6) is 0 Å². The van der Waals surface area contributed by atoms with E-state index in [-0.39, 0.29) is 11.7 Å². The molecule has 0 bridgehead atoms. The summed E-state index contributed by atoms with van der Waals surface area (Å²) in [7, 11) is 0. The third kappa shape index (κ3) is 2.77. The summed E-state index contributed by atoms with van der Waals surface area (Å²) in [5, 5.41) is 14.0. The molecule has 1 aliphatic rings. The van der Waals surface area contributed by atoms with Crippen molar-refractivity contribution >= 4 is 11.5 Å². The molecule has 3 rings (SSSR count). The molecule has 1 heterocycles. The molecule has 1 aromatic carbocycles. The fourth-order valence-electron chi connectivity index (χ4n) is 2.30. The number of pyridine rings is 1. The van der Waals surface area contributed by atoms with Gasteiger partial charge in [-0.2, -0.15) is 0 Å². The first kappa shape index (κ1) is 12.6. The first-order valence-corrected chi connectivity index (χ1v) is 6.66. The van der Waals surface area contributed by atoms with Crippen molar-refractivity contribution in [2.75, 3.05) is 5.32 Å². The summed E-state index contributed by atoms with van der Waals surface area (Å²) in [6, 6.07) is 13.6. The fraction of sp³-hybridized carbons (Fsp3) is 0.267. The van der Waals surface area contributed by atoms with Crippen LogP contribution in [-0.4, -0.2) is 9.91 Å². The molecule has 20 heavy (non-hydrogen) atoms. The van der Waals surface area contributed by atoms with Crippen LogP contribution in [0.15, 0.2) is 48.7 Å². The number of nitro groups is 1. The summed E-state index contributed by atoms with van der Waals surface area (Å²) in [6.07, 6.45) is 3.70. The van der Waals surface area contributed by atoms with Gasteiger partial charge >= 0.3 is 0 Å². The van der Waals surface area contributed by atoms with Crippen LogP contribution in [0, 0.1) is 16.0 Å². The van der Waals surface area contributed by atoms with Crippen LogP contribution in [0.1, 0.15) is 24.4 Å². The Labute approximate surface area is 116 Å². The Kier molecular flexibility index (Phi) is 3.33. The summed E-state index contributed by atoms with van der Waals surface area (Å²) in [5.41, 5.74) is 1.24. The second-order valence-electron chi connectivity index (χ2n) is 5.03. The Morgan fingerprint density at radius 1 is 1.20 bits per heavy atom. The SMILES string of the molecule is O=[N+]([O-])c1ccc(NC(c2ccccc2)C2CC2)nc1. The average Bonchev–Trinajstić information content (AvgIpc) is 3.31. The predicted octanol–water partition coefficient (Wildman–Crippen LogP) is 3.55. The van der Waals surface area contributed by atoms with Crippen molar-refractivity contribution < 1.29 is 4.92 Å². The van der Waals surface area contributed by atoms with E-state index in [9.17, 15) is 10.1 Å². The van der Waals surface area contributed by atoms with E-state index in [0.29, 0.717) is 11.7 Å². The van der Waals surface area contributed by atoms with Gasteiger partial charge in [0.2, 0.25) is 0 Å². The van der Waals surface area contributed by atoms with Gasteiger partial charge in [-0.05, 0) is 30.4 Å². The van der Waals surface area contributed by atoms with E-state index in [0.717, 1.165) is 0 Å². The van der Waals surface area contributed by atoms with Crippen molar-refractivity contribution in [1.82, 2.24) is 4.98 Å². The molecule has 1 saturated carbocycles. The van der Waals surface area contributed by atoms with Crippen LogP contribution >= 0.6 is 0 Å². The second kappa shape index (κ2) is 5.28. The molecule has 1 unspecified atom stereocenters. The van der Waals surface area contributed by atoms with Gasteiger partial charge in [-0.1, -0.05) is 30.3 Å². The van der Waals surface area contributed by atoms with E-state index >= 15 is 0 Å². The van der Waals surface area contributed by atoms with Crippen LogP contribution in [0.4, 0.5) is 11.5 Å². The molecule has 1 aromatic heterocycles. The molecule has 0 radical (unpaired) electrons. The predicted molar refractivity (Wildman–Crippen MR) is 76.4 cm³/mol. The highest BCUT2D eigenvalue weighted by Crippen LogP contribution is 2.42. The number of anilines is 1. The van der Waals surface area contributed by atoms with Crippen molar-refractivity contribution in [3.05, 3.63) is 64.3 Å². The molecular formula is C15H15N3O2. The van der Waals surface area contributed by atoms with Crippen molar-refractivity contribution in [3.8, 4) is 0 Å². The number of hydrogen-bond acceptors (Lipinski definition) is 4. The van der Waals surface area contributed by atoms with Crippen LogP contribution in [-0.2, 0) is 0 Å². The zero-order valence-electron chi connectivity index (χ0n) is 10.9. The number of nitrogens with one attached hydrogen (secondary N) is 1. The Bertz CT molecular complexity index is 594. The molecule has 1 aliphatic carbocycles. The number of hydrogen-bond donors (Lipinski definition) is 1. The minimum atomic E-state index is -0.438. The Morgan fingerprint density at radius 3 is 2.50 bits per heavy atom. The molecular weight excluding hydrogens is 254 g/mol. The molecule has 0 spiro atoms. The summed E-state index contributed by atoms with van der Waals surface area (Å²) < 4.78 is 0. The van der Waals surface area contributed by atoms with Crippen LogP contribution in [0.2, 0.25) is 0 Å². The first-order valence-electron chi connectivity index (χ1n) is 6.66. The van der Waals surface area contributed by atoms with E-state index in [2.05, 4.69) is 22.4 Å². The zero-order valence-corrected chi connectivity index (χ0v) is 10.9. The maximum Gasteiger partial charge on any atom is 0.287 e.